The first-order chi connectivity index (χ1) is 9.52. The summed E-state index contributed by atoms with van der Waals surface area (Å²) in [6.45, 7) is 0. The fraction of sp³-hybridized carbons (Fsp3) is 0.0714. The average molecular weight is 311 g/mol. The summed E-state index contributed by atoms with van der Waals surface area (Å²) in [5.74, 6) is 0.228. The van der Waals surface area contributed by atoms with Gasteiger partial charge in [0.05, 0.1) is 10.6 Å². The zero-order chi connectivity index (χ0) is 14.7. The van der Waals surface area contributed by atoms with E-state index in [0.717, 1.165) is 4.90 Å². The van der Waals surface area contributed by atoms with Gasteiger partial charge in [-0.2, -0.15) is 0 Å². The Kier molecular flexibility index (Phi) is 4.52. The Morgan fingerprint density at radius 1 is 1.35 bits per heavy atom. The van der Waals surface area contributed by atoms with Gasteiger partial charge in [-0.1, -0.05) is 17.7 Å². The lowest BCUT2D eigenvalue weighted by atomic mass is 10.2. The average Bonchev–Trinajstić information content (AvgIpc) is 2.42. The van der Waals surface area contributed by atoms with Crippen LogP contribution in [0.1, 0.15) is 5.56 Å². The third-order valence-corrected chi connectivity index (χ3v) is 3.67. The van der Waals surface area contributed by atoms with Crippen molar-refractivity contribution in [3.8, 4) is 11.5 Å². The molecule has 2 rings (SSSR count). The van der Waals surface area contributed by atoms with Crippen molar-refractivity contribution in [2.45, 2.75) is 4.90 Å². The van der Waals surface area contributed by atoms with E-state index in [0.29, 0.717) is 17.1 Å². The van der Waals surface area contributed by atoms with Crippen molar-refractivity contribution in [1.29, 1.82) is 5.41 Å². The standard InChI is InChI=1S/C14H12ClFN2OS/c1-20-12-4-2-3-11(13(12)14(17)18)19-8-5-6-10(16)9(15)7-8/h2-7H,1H3,(H3,17,18). The van der Waals surface area contributed by atoms with Gasteiger partial charge >= 0.3 is 0 Å². The Morgan fingerprint density at radius 2 is 2.10 bits per heavy atom. The molecule has 0 aliphatic rings. The predicted molar refractivity (Wildman–Crippen MR) is 80.7 cm³/mol. The van der Waals surface area contributed by atoms with Crippen molar-refractivity contribution in [2.75, 3.05) is 6.26 Å². The molecule has 2 aromatic carbocycles. The lowest BCUT2D eigenvalue weighted by molar-refractivity contribution is 0.478. The molecule has 104 valence electrons. The van der Waals surface area contributed by atoms with E-state index in [-0.39, 0.29) is 10.9 Å². The number of nitrogens with one attached hydrogen (secondary N) is 1. The molecule has 0 fully saturated rings. The Hall–Kier alpha value is -1.72. The van der Waals surface area contributed by atoms with Crippen LogP contribution >= 0.6 is 23.4 Å². The monoisotopic (exact) mass is 310 g/mol. The fourth-order valence-electron chi connectivity index (χ4n) is 1.70. The zero-order valence-corrected chi connectivity index (χ0v) is 12.2. The van der Waals surface area contributed by atoms with E-state index in [9.17, 15) is 4.39 Å². The number of nitrogens with two attached hydrogens (primary N) is 1. The SMILES string of the molecule is CSc1cccc(Oc2ccc(F)c(Cl)c2)c1C(=N)N. The number of thioether (sulfide) groups is 1. The van der Waals surface area contributed by atoms with Gasteiger partial charge < -0.3 is 10.5 Å². The molecule has 0 bridgehead atoms. The highest BCUT2D eigenvalue weighted by Crippen LogP contribution is 2.32. The molecule has 6 heteroatoms. The predicted octanol–water partition coefficient (Wildman–Crippen LogP) is 4.28. The minimum absolute atomic E-state index is 0.0205. The smallest absolute Gasteiger partial charge is 0.142 e. The van der Waals surface area contributed by atoms with E-state index >= 15 is 0 Å². The van der Waals surface area contributed by atoms with Gasteiger partial charge in [-0.15, -0.1) is 11.8 Å². The molecule has 0 aliphatic heterocycles. The number of hydrogen-bond acceptors (Lipinski definition) is 3. The van der Waals surface area contributed by atoms with E-state index in [1.165, 1.54) is 30.0 Å². The molecule has 20 heavy (non-hydrogen) atoms. The van der Waals surface area contributed by atoms with Gasteiger partial charge in [-0.05, 0) is 30.5 Å². The first kappa shape index (κ1) is 14.7. The van der Waals surface area contributed by atoms with Crippen LogP contribution < -0.4 is 10.5 Å². The summed E-state index contributed by atoms with van der Waals surface area (Å²) in [5, 5.41) is 7.64. The van der Waals surface area contributed by atoms with Crippen molar-refractivity contribution in [3.63, 3.8) is 0 Å². The van der Waals surface area contributed by atoms with E-state index < -0.39 is 5.82 Å². The van der Waals surface area contributed by atoms with Crippen LogP contribution in [0.5, 0.6) is 11.5 Å². The highest BCUT2D eigenvalue weighted by Gasteiger charge is 2.13. The number of rotatable bonds is 4. The van der Waals surface area contributed by atoms with Gasteiger partial charge in [0.1, 0.15) is 23.2 Å². The zero-order valence-electron chi connectivity index (χ0n) is 10.6. The van der Waals surface area contributed by atoms with Crippen molar-refractivity contribution in [3.05, 3.63) is 52.8 Å². The Balaban J connectivity index is 2.42. The topological polar surface area (TPSA) is 59.1 Å². The lowest BCUT2D eigenvalue weighted by Gasteiger charge is -2.13. The number of amidine groups is 1. The summed E-state index contributed by atoms with van der Waals surface area (Å²) >= 11 is 7.18. The van der Waals surface area contributed by atoms with Crippen LogP contribution in [0.4, 0.5) is 4.39 Å². The van der Waals surface area contributed by atoms with Crippen LogP contribution in [0.15, 0.2) is 41.3 Å². The highest BCUT2D eigenvalue weighted by atomic mass is 35.5. The molecule has 0 aliphatic carbocycles. The van der Waals surface area contributed by atoms with Crippen LogP contribution in [0, 0.1) is 11.2 Å². The van der Waals surface area contributed by atoms with Gasteiger partial charge in [0.25, 0.3) is 0 Å². The van der Waals surface area contributed by atoms with Crippen LogP contribution in [0.25, 0.3) is 0 Å². The third kappa shape index (κ3) is 3.05. The summed E-state index contributed by atoms with van der Waals surface area (Å²) in [6.07, 6.45) is 1.89. The molecular formula is C14H12ClFN2OS. The van der Waals surface area contributed by atoms with Crippen LogP contribution in [0.3, 0.4) is 0 Å². The Morgan fingerprint density at radius 3 is 2.70 bits per heavy atom. The van der Waals surface area contributed by atoms with Crippen molar-refractivity contribution >= 4 is 29.2 Å². The van der Waals surface area contributed by atoms with Gasteiger partial charge in [0.15, 0.2) is 0 Å². The minimum Gasteiger partial charge on any atom is -0.457 e. The quantitative estimate of drug-likeness (QED) is 0.503. The van der Waals surface area contributed by atoms with Gasteiger partial charge in [-0.25, -0.2) is 4.39 Å². The Labute approximate surface area is 125 Å². The van der Waals surface area contributed by atoms with Crippen LogP contribution in [-0.2, 0) is 0 Å². The molecule has 0 heterocycles. The van der Waals surface area contributed by atoms with Crippen molar-refractivity contribution in [2.24, 2.45) is 5.73 Å². The van der Waals surface area contributed by atoms with E-state index in [2.05, 4.69) is 0 Å². The minimum atomic E-state index is -0.510. The fourth-order valence-corrected chi connectivity index (χ4v) is 2.50. The number of hydrogen-bond donors (Lipinski definition) is 2. The summed E-state index contributed by atoms with van der Waals surface area (Å²) in [4.78, 5) is 0.836. The lowest BCUT2D eigenvalue weighted by Crippen LogP contribution is -2.13. The van der Waals surface area contributed by atoms with E-state index in [1.54, 1.807) is 12.1 Å². The third-order valence-electron chi connectivity index (χ3n) is 2.60. The summed E-state index contributed by atoms with van der Waals surface area (Å²) in [5.41, 5.74) is 6.12. The Bertz CT molecular complexity index is 664. The maximum absolute atomic E-state index is 13.1. The molecule has 3 nitrogen and oxygen atoms in total. The molecule has 0 atom stereocenters. The van der Waals surface area contributed by atoms with Crippen LogP contribution in [0.2, 0.25) is 5.02 Å². The molecule has 0 radical (unpaired) electrons. The summed E-state index contributed by atoms with van der Waals surface area (Å²) in [6, 6.07) is 9.44. The van der Waals surface area contributed by atoms with E-state index in [4.69, 9.17) is 27.5 Å². The summed E-state index contributed by atoms with van der Waals surface area (Å²) in [7, 11) is 0. The van der Waals surface area contributed by atoms with E-state index in [1.807, 2.05) is 12.3 Å². The molecule has 0 amide bonds. The molecule has 3 N–H and O–H groups in total. The number of ether oxygens (including phenoxy) is 1. The summed E-state index contributed by atoms with van der Waals surface area (Å²) < 4.78 is 18.8. The second-order valence-corrected chi connectivity index (χ2v) is 5.18. The molecule has 2 aromatic rings. The van der Waals surface area contributed by atoms with Crippen molar-refractivity contribution < 1.29 is 9.13 Å². The van der Waals surface area contributed by atoms with Gasteiger partial charge in [0.2, 0.25) is 0 Å². The first-order valence-electron chi connectivity index (χ1n) is 5.67. The number of halogens is 2. The largest absolute Gasteiger partial charge is 0.457 e. The molecule has 0 saturated heterocycles. The normalized spacial score (nSPS) is 10.3. The van der Waals surface area contributed by atoms with Crippen LogP contribution in [-0.4, -0.2) is 12.1 Å². The molecule has 0 aromatic heterocycles. The van der Waals surface area contributed by atoms with Gasteiger partial charge in [-0.3, -0.25) is 5.41 Å². The maximum Gasteiger partial charge on any atom is 0.142 e. The molecular weight excluding hydrogens is 299 g/mol. The number of benzene rings is 2. The van der Waals surface area contributed by atoms with Gasteiger partial charge in [0, 0.05) is 11.0 Å². The highest BCUT2D eigenvalue weighted by molar-refractivity contribution is 7.98. The molecule has 0 spiro atoms. The first-order valence-corrected chi connectivity index (χ1v) is 7.27. The van der Waals surface area contributed by atoms with Crippen molar-refractivity contribution in [1.82, 2.24) is 0 Å². The second kappa shape index (κ2) is 6.15. The second-order valence-electron chi connectivity index (χ2n) is 3.93. The number of nitrogen functional groups attached to an aromatic ring is 1. The molecule has 0 unspecified atom stereocenters. The molecule has 0 saturated carbocycles. The maximum atomic E-state index is 13.1.